The second-order valence-electron chi connectivity index (χ2n) is 4.89. The molecule has 3 heteroatoms. The lowest BCUT2D eigenvalue weighted by atomic mass is 10.0. The normalized spacial score (nSPS) is 12.2. The lowest BCUT2D eigenvalue weighted by molar-refractivity contribution is -0.146. The standard InChI is InChI=1S/C15H28O3/c1-4-7-9-13(6-3)12-18-15(17)11-10-14(16)8-5-2/h13H,4-12H2,1-3H3. The molecular formula is C15H28O3. The molecule has 1 unspecified atom stereocenters. The second kappa shape index (κ2) is 11.2. The molecule has 0 radical (unpaired) electrons. The fourth-order valence-corrected chi connectivity index (χ4v) is 1.83. The summed E-state index contributed by atoms with van der Waals surface area (Å²) in [6.07, 6.45) is 6.52. The van der Waals surface area contributed by atoms with E-state index in [1.807, 2.05) is 6.92 Å². The van der Waals surface area contributed by atoms with Gasteiger partial charge in [-0.25, -0.2) is 0 Å². The molecule has 0 aliphatic heterocycles. The minimum absolute atomic E-state index is 0.160. The first-order valence-electron chi connectivity index (χ1n) is 7.31. The average Bonchev–Trinajstić information content (AvgIpc) is 2.37. The minimum Gasteiger partial charge on any atom is -0.465 e. The number of carbonyl (C=O) groups excluding carboxylic acids is 2. The summed E-state index contributed by atoms with van der Waals surface area (Å²) in [5, 5.41) is 0. The first-order valence-corrected chi connectivity index (χ1v) is 7.31. The van der Waals surface area contributed by atoms with Crippen LogP contribution in [0.4, 0.5) is 0 Å². The Bertz CT molecular complexity index is 236. The first kappa shape index (κ1) is 17.1. The first-order chi connectivity index (χ1) is 8.63. The maximum absolute atomic E-state index is 11.5. The Labute approximate surface area is 111 Å². The van der Waals surface area contributed by atoms with Crippen LogP contribution in [0.25, 0.3) is 0 Å². The third-order valence-corrected chi connectivity index (χ3v) is 3.16. The summed E-state index contributed by atoms with van der Waals surface area (Å²) >= 11 is 0. The predicted octanol–water partition coefficient (Wildman–Crippen LogP) is 3.90. The Hall–Kier alpha value is -0.860. The number of hydrogen-bond acceptors (Lipinski definition) is 3. The number of Topliss-reactive ketones (excluding diaryl/α,β-unsaturated/α-hetero) is 1. The van der Waals surface area contributed by atoms with Crippen molar-refractivity contribution in [1.29, 1.82) is 0 Å². The van der Waals surface area contributed by atoms with Gasteiger partial charge >= 0.3 is 5.97 Å². The second-order valence-corrected chi connectivity index (χ2v) is 4.89. The lowest BCUT2D eigenvalue weighted by Gasteiger charge is -2.14. The van der Waals surface area contributed by atoms with Crippen LogP contribution >= 0.6 is 0 Å². The molecular weight excluding hydrogens is 228 g/mol. The van der Waals surface area contributed by atoms with E-state index in [9.17, 15) is 9.59 Å². The molecule has 0 saturated carbocycles. The summed E-state index contributed by atoms with van der Waals surface area (Å²) in [6, 6.07) is 0. The van der Waals surface area contributed by atoms with Gasteiger partial charge in [0, 0.05) is 12.8 Å². The molecule has 0 aliphatic carbocycles. The smallest absolute Gasteiger partial charge is 0.306 e. The number of esters is 1. The molecule has 0 aromatic carbocycles. The third kappa shape index (κ3) is 9.20. The summed E-state index contributed by atoms with van der Waals surface area (Å²) in [6.45, 7) is 6.77. The Balaban J connectivity index is 3.70. The largest absolute Gasteiger partial charge is 0.465 e. The number of carbonyl (C=O) groups is 2. The highest BCUT2D eigenvalue weighted by Crippen LogP contribution is 2.13. The summed E-state index contributed by atoms with van der Waals surface area (Å²) in [4.78, 5) is 22.7. The van der Waals surface area contributed by atoms with E-state index in [-0.39, 0.29) is 18.2 Å². The topological polar surface area (TPSA) is 43.4 Å². The van der Waals surface area contributed by atoms with Gasteiger partial charge in [0.2, 0.25) is 0 Å². The van der Waals surface area contributed by atoms with E-state index >= 15 is 0 Å². The lowest BCUT2D eigenvalue weighted by Crippen LogP contribution is -2.14. The summed E-state index contributed by atoms with van der Waals surface area (Å²) in [7, 11) is 0. The zero-order valence-corrected chi connectivity index (χ0v) is 12.2. The van der Waals surface area contributed by atoms with Crippen molar-refractivity contribution >= 4 is 11.8 Å². The van der Waals surface area contributed by atoms with Gasteiger partial charge in [0.25, 0.3) is 0 Å². The fraction of sp³-hybridized carbons (Fsp3) is 0.867. The van der Waals surface area contributed by atoms with Crippen LogP contribution in [-0.2, 0) is 14.3 Å². The van der Waals surface area contributed by atoms with E-state index in [1.165, 1.54) is 12.8 Å². The van der Waals surface area contributed by atoms with E-state index in [2.05, 4.69) is 13.8 Å². The van der Waals surface area contributed by atoms with Crippen molar-refractivity contribution in [3.05, 3.63) is 0 Å². The van der Waals surface area contributed by atoms with Crippen molar-refractivity contribution in [3.8, 4) is 0 Å². The van der Waals surface area contributed by atoms with Gasteiger partial charge in [0.05, 0.1) is 13.0 Å². The van der Waals surface area contributed by atoms with E-state index in [4.69, 9.17) is 4.74 Å². The number of unbranched alkanes of at least 4 members (excludes halogenated alkanes) is 1. The van der Waals surface area contributed by atoms with Crippen molar-refractivity contribution in [3.63, 3.8) is 0 Å². The number of ketones is 1. The third-order valence-electron chi connectivity index (χ3n) is 3.16. The average molecular weight is 256 g/mol. The molecule has 0 fully saturated rings. The molecule has 0 amide bonds. The van der Waals surface area contributed by atoms with Gasteiger partial charge in [-0.1, -0.05) is 40.0 Å². The Morgan fingerprint density at radius 2 is 1.72 bits per heavy atom. The van der Waals surface area contributed by atoms with Gasteiger partial charge < -0.3 is 4.74 Å². The van der Waals surface area contributed by atoms with E-state index in [0.29, 0.717) is 25.4 Å². The monoisotopic (exact) mass is 256 g/mol. The van der Waals surface area contributed by atoms with Crippen LogP contribution in [0.3, 0.4) is 0 Å². The Kier molecular flexibility index (Phi) is 10.7. The van der Waals surface area contributed by atoms with E-state index in [0.717, 1.165) is 19.3 Å². The molecule has 1 atom stereocenters. The fourth-order valence-electron chi connectivity index (χ4n) is 1.83. The molecule has 0 aromatic heterocycles. The number of hydrogen-bond donors (Lipinski definition) is 0. The molecule has 0 saturated heterocycles. The van der Waals surface area contributed by atoms with Crippen LogP contribution in [0.5, 0.6) is 0 Å². The van der Waals surface area contributed by atoms with Crippen molar-refractivity contribution < 1.29 is 14.3 Å². The van der Waals surface area contributed by atoms with Gasteiger partial charge in [-0.05, 0) is 18.8 Å². The molecule has 0 aliphatic rings. The van der Waals surface area contributed by atoms with Crippen molar-refractivity contribution in [2.24, 2.45) is 5.92 Å². The molecule has 3 nitrogen and oxygen atoms in total. The van der Waals surface area contributed by atoms with Crippen LogP contribution in [0.1, 0.15) is 72.1 Å². The van der Waals surface area contributed by atoms with Crippen LogP contribution in [-0.4, -0.2) is 18.4 Å². The molecule has 0 heterocycles. The molecule has 0 bridgehead atoms. The molecule has 18 heavy (non-hydrogen) atoms. The molecule has 106 valence electrons. The van der Waals surface area contributed by atoms with Gasteiger partial charge in [0.1, 0.15) is 5.78 Å². The number of ether oxygens (including phenoxy) is 1. The van der Waals surface area contributed by atoms with Crippen LogP contribution < -0.4 is 0 Å². The Morgan fingerprint density at radius 3 is 2.28 bits per heavy atom. The number of rotatable bonds is 11. The van der Waals surface area contributed by atoms with Crippen molar-refractivity contribution in [2.75, 3.05) is 6.61 Å². The molecule has 0 N–H and O–H groups in total. The predicted molar refractivity (Wildman–Crippen MR) is 73.4 cm³/mol. The van der Waals surface area contributed by atoms with E-state index in [1.54, 1.807) is 0 Å². The maximum atomic E-state index is 11.5. The maximum Gasteiger partial charge on any atom is 0.306 e. The molecule has 0 spiro atoms. The SMILES string of the molecule is CCCCC(CC)COC(=O)CCC(=O)CCC. The highest BCUT2D eigenvalue weighted by atomic mass is 16.5. The zero-order chi connectivity index (χ0) is 13.8. The quantitative estimate of drug-likeness (QED) is 0.527. The van der Waals surface area contributed by atoms with Crippen molar-refractivity contribution in [1.82, 2.24) is 0 Å². The van der Waals surface area contributed by atoms with E-state index < -0.39 is 0 Å². The summed E-state index contributed by atoms with van der Waals surface area (Å²) in [5.74, 6) is 0.405. The van der Waals surface area contributed by atoms with Gasteiger partial charge in [-0.3, -0.25) is 9.59 Å². The zero-order valence-electron chi connectivity index (χ0n) is 12.2. The van der Waals surface area contributed by atoms with Crippen LogP contribution in [0.15, 0.2) is 0 Å². The highest BCUT2D eigenvalue weighted by Gasteiger charge is 2.11. The molecule has 0 rings (SSSR count). The Morgan fingerprint density at radius 1 is 1.00 bits per heavy atom. The summed E-state index contributed by atoms with van der Waals surface area (Å²) < 4.78 is 5.23. The van der Waals surface area contributed by atoms with Gasteiger partial charge in [-0.15, -0.1) is 0 Å². The van der Waals surface area contributed by atoms with Gasteiger partial charge in [0.15, 0.2) is 0 Å². The minimum atomic E-state index is -0.227. The van der Waals surface area contributed by atoms with Crippen LogP contribution in [0.2, 0.25) is 0 Å². The summed E-state index contributed by atoms with van der Waals surface area (Å²) in [5.41, 5.74) is 0. The molecule has 0 aromatic rings. The van der Waals surface area contributed by atoms with Crippen molar-refractivity contribution in [2.45, 2.75) is 72.1 Å². The van der Waals surface area contributed by atoms with Gasteiger partial charge in [-0.2, -0.15) is 0 Å². The van der Waals surface area contributed by atoms with Crippen LogP contribution in [0, 0.1) is 5.92 Å². The highest BCUT2D eigenvalue weighted by molar-refractivity contribution is 5.82.